The lowest BCUT2D eigenvalue weighted by atomic mass is 9.78. The van der Waals surface area contributed by atoms with Gasteiger partial charge < -0.3 is 4.74 Å². The fourth-order valence-corrected chi connectivity index (χ4v) is 2.72. The molecule has 0 saturated carbocycles. The van der Waals surface area contributed by atoms with Crippen LogP contribution in [0.2, 0.25) is 0 Å². The Hall–Kier alpha value is -1.76. The summed E-state index contributed by atoms with van der Waals surface area (Å²) in [7, 11) is 1.72. The van der Waals surface area contributed by atoms with E-state index in [2.05, 4.69) is 70.2 Å². The van der Waals surface area contributed by atoms with Crippen LogP contribution in [-0.2, 0) is 11.8 Å². The third-order valence-corrected chi connectivity index (χ3v) is 4.11. The number of ether oxygens (including phenoxy) is 1. The molecular formula is C20H26O. The molecule has 21 heavy (non-hydrogen) atoms. The molecule has 0 saturated heterocycles. The highest BCUT2D eigenvalue weighted by molar-refractivity contribution is 5.35. The molecule has 2 aromatic carbocycles. The highest BCUT2D eigenvalue weighted by atomic mass is 16.5. The minimum Gasteiger partial charge on any atom is -0.497 e. The minimum absolute atomic E-state index is 0.0874. The number of rotatable bonds is 5. The smallest absolute Gasteiger partial charge is 0.119 e. The van der Waals surface area contributed by atoms with Gasteiger partial charge >= 0.3 is 0 Å². The SMILES string of the molecule is COc1cccc(C(C)(C)Cc2cccc(C(C)C)c2)c1. The summed E-state index contributed by atoms with van der Waals surface area (Å²) in [6, 6.07) is 17.4. The maximum Gasteiger partial charge on any atom is 0.119 e. The third-order valence-electron chi connectivity index (χ3n) is 4.11. The molecule has 0 aliphatic rings. The summed E-state index contributed by atoms with van der Waals surface area (Å²) in [5.74, 6) is 1.50. The number of benzene rings is 2. The summed E-state index contributed by atoms with van der Waals surface area (Å²) in [6.45, 7) is 9.08. The second-order valence-electron chi connectivity index (χ2n) is 6.69. The van der Waals surface area contributed by atoms with E-state index in [-0.39, 0.29) is 5.41 Å². The first-order valence-electron chi connectivity index (χ1n) is 7.66. The van der Waals surface area contributed by atoms with Gasteiger partial charge in [0, 0.05) is 0 Å². The van der Waals surface area contributed by atoms with Crippen molar-refractivity contribution in [3.05, 3.63) is 65.2 Å². The Morgan fingerprint density at radius 3 is 2.38 bits per heavy atom. The molecule has 0 aromatic heterocycles. The van der Waals surface area contributed by atoms with E-state index in [0.717, 1.165) is 12.2 Å². The van der Waals surface area contributed by atoms with Crippen molar-refractivity contribution in [1.29, 1.82) is 0 Å². The van der Waals surface area contributed by atoms with Gasteiger partial charge in [0.05, 0.1) is 7.11 Å². The molecule has 0 spiro atoms. The van der Waals surface area contributed by atoms with Crippen LogP contribution in [0.25, 0.3) is 0 Å². The zero-order chi connectivity index (χ0) is 15.5. The van der Waals surface area contributed by atoms with Gasteiger partial charge in [-0.1, -0.05) is 64.1 Å². The monoisotopic (exact) mass is 282 g/mol. The van der Waals surface area contributed by atoms with E-state index in [4.69, 9.17) is 4.74 Å². The lowest BCUT2D eigenvalue weighted by Crippen LogP contribution is -2.20. The lowest BCUT2D eigenvalue weighted by Gasteiger charge is -2.26. The van der Waals surface area contributed by atoms with Gasteiger partial charge in [0.2, 0.25) is 0 Å². The molecule has 0 heterocycles. The molecule has 0 amide bonds. The summed E-state index contributed by atoms with van der Waals surface area (Å²) >= 11 is 0. The minimum atomic E-state index is 0.0874. The highest BCUT2D eigenvalue weighted by Crippen LogP contribution is 2.30. The van der Waals surface area contributed by atoms with Crippen molar-refractivity contribution in [2.75, 3.05) is 7.11 Å². The summed E-state index contributed by atoms with van der Waals surface area (Å²) in [6.07, 6.45) is 1.03. The van der Waals surface area contributed by atoms with E-state index in [1.165, 1.54) is 16.7 Å². The zero-order valence-corrected chi connectivity index (χ0v) is 13.8. The Labute approximate surface area is 129 Å². The van der Waals surface area contributed by atoms with Crippen LogP contribution in [0.1, 0.15) is 50.3 Å². The molecular weight excluding hydrogens is 256 g/mol. The van der Waals surface area contributed by atoms with Crippen LogP contribution in [0, 0.1) is 0 Å². The Bertz CT molecular complexity index is 596. The maximum atomic E-state index is 5.35. The Balaban J connectivity index is 2.25. The van der Waals surface area contributed by atoms with Crippen LogP contribution < -0.4 is 4.74 Å². The van der Waals surface area contributed by atoms with Gasteiger partial charge in [0.25, 0.3) is 0 Å². The first kappa shape index (κ1) is 15.6. The fraction of sp³-hybridized carbons (Fsp3) is 0.400. The second-order valence-corrected chi connectivity index (χ2v) is 6.69. The van der Waals surface area contributed by atoms with Crippen molar-refractivity contribution in [2.24, 2.45) is 0 Å². The van der Waals surface area contributed by atoms with E-state index < -0.39 is 0 Å². The largest absolute Gasteiger partial charge is 0.497 e. The van der Waals surface area contributed by atoms with Gasteiger partial charge in [0.15, 0.2) is 0 Å². The van der Waals surface area contributed by atoms with E-state index in [1.807, 2.05) is 6.07 Å². The van der Waals surface area contributed by atoms with Crippen LogP contribution in [0.5, 0.6) is 5.75 Å². The lowest BCUT2D eigenvalue weighted by molar-refractivity contribution is 0.411. The van der Waals surface area contributed by atoms with E-state index >= 15 is 0 Å². The highest BCUT2D eigenvalue weighted by Gasteiger charge is 2.21. The zero-order valence-electron chi connectivity index (χ0n) is 13.8. The molecule has 0 aliphatic carbocycles. The molecule has 0 bridgehead atoms. The van der Waals surface area contributed by atoms with E-state index in [1.54, 1.807) is 7.11 Å². The molecule has 1 heteroatoms. The molecule has 112 valence electrons. The van der Waals surface area contributed by atoms with Crippen molar-refractivity contribution in [3.8, 4) is 5.75 Å². The van der Waals surface area contributed by atoms with Gasteiger partial charge in [-0.3, -0.25) is 0 Å². The number of hydrogen-bond acceptors (Lipinski definition) is 1. The van der Waals surface area contributed by atoms with Crippen molar-refractivity contribution < 1.29 is 4.74 Å². The van der Waals surface area contributed by atoms with Gasteiger partial charge in [-0.2, -0.15) is 0 Å². The molecule has 0 unspecified atom stereocenters. The average molecular weight is 282 g/mol. The topological polar surface area (TPSA) is 9.23 Å². The summed E-state index contributed by atoms with van der Waals surface area (Å²) in [5, 5.41) is 0. The Kier molecular flexibility index (Phi) is 4.72. The molecule has 1 nitrogen and oxygen atoms in total. The maximum absolute atomic E-state index is 5.35. The standard InChI is InChI=1S/C20H26O/c1-15(2)17-9-6-8-16(12-17)14-20(3,4)18-10-7-11-19(13-18)21-5/h6-13,15H,14H2,1-5H3. The molecule has 0 aliphatic heterocycles. The molecule has 2 aromatic rings. The van der Waals surface area contributed by atoms with Crippen molar-refractivity contribution in [3.63, 3.8) is 0 Å². The fourth-order valence-electron chi connectivity index (χ4n) is 2.72. The van der Waals surface area contributed by atoms with Gasteiger partial charge in [0.1, 0.15) is 5.75 Å². The second kappa shape index (κ2) is 6.34. The Morgan fingerprint density at radius 2 is 1.71 bits per heavy atom. The number of methoxy groups -OCH3 is 1. The molecule has 0 fully saturated rings. The van der Waals surface area contributed by atoms with E-state index in [0.29, 0.717) is 5.92 Å². The van der Waals surface area contributed by atoms with Gasteiger partial charge in [-0.15, -0.1) is 0 Å². The van der Waals surface area contributed by atoms with Crippen molar-refractivity contribution in [2.45, 2.75) is 45.4 Å². The van der Waals surface area contributed by atoms with Crippen molar-refractivity contribution >= 4 is 0 Å². The quantitative estimate of drug-likeness (QED) is 0.719. The van der Waals surface area contributed by atoms with Crippen LogP contribution in [0.15, 0.2) is 48.5 Å². The molecule has 0 N–H and O–H groups in total. The number of hydrogen-bond donors (Lipinski definition) is 0. The third kappa shape index (κ3) is 3.87. The van der Waals surface area contributed by atoms with Crippen molar-refractivity contribution in [1.82, 2.24) is 0 Å². The molecule has 0 radical (unpaired) electrons. The average Bonchev–Trinajstić information content (AvgIpc) is 2.47. The van der Waals surface area contributed by atoms with Gasteiger partial charge in [-0.05, 0) is 46.6 Å². The predicted molar refractivity (Wildman–Crippen MR) is 90.3 cm³/mol. The molecule has 0 atom stereocenters. The predicted octanol–water partition coefficient (Wildman–Crippen LogP) is 5.34. The summed E-state index contributed by atoms with van der Waals surface area (Å²) in [5.41, 5.74) is 4.21. The van der Waals surface area contributed by atoms with E-state index in [9.17, 15) is 0 Å². The first-order valence-corrected chi connectivity index (χ1v) is 7.66. The summed E-state index contributed by atoms with van der Waals surface area (Å²) in [4.78, 5) is 0. The molecule has 2 rings (SSSR count). The van der Waals surface area contributed by atoms with Crippen LogP contribution in [0.3, 0.4) is 0 Å². The van der Waals surface area contributed by atoms with Gasteiger partial charge in [-0.25, -0.2) is 0 Å². The van der Waals surface area contributed by atoms with Crippen LogP contribution in [0.4, 0.5) is 0 Å². The first-order chi connectivity index (χ1) is 9.92. The Morgan fingerprint density at radius 1 is 1.00 bits per heavy atom. The summed E-state index contributed by atoms with van der Waals surface area (Å²) < 4.78 is 5.35. The van der Waals surface area contributed by atoms with Crippen LogP contribution in [-0.4, -0.2) is 7.11 Å². The normalized spacial score (nSPS) is 11.7. The van der Waals surface area contributed by atoms with Crippen LogP contribution >= 0.6 is 0 Å².